The molecule has 15 heavy (non-hydrogen) atoms. The first kappa shape index (κ1) is 10.2. The Morgan fingerprint density at radius 2 is 2.33 bits per heavy atom. The summed E-state index contributed by atoms with van der Waals surface area (Å²) in [6.45, 7) is 4.62. The van der Waals surface area contributed by atoms with E-state index in [-0.39, 0.29) is 0 Å². The monoisotopic (exact) mass is 206 g/mol. The molecule has 4 heteroatoms. The summed E-state index contributed by atoms with van der Waals surface area (Å²) in [7, 11) is 0. The van der Waals surface area contributed by atoms with Crippen LogP contribution >= 0.6 is 0 Å². The average molecular weight is 206 g/mol. The van der Waals surface area contributed by atoms with Gasteiger partial charge in [-0.15, -0.1) is 0 Å². The van der Waals surface area contributed by atoms with Crippen molar-refractivity contribution in [2.45, 2.75) is 39.2 Å². The van der Waals surface area contributed by atoms with Crippen molar-refractivity contribution in [1.29, 1.82) is 0 Å². The van der Waals surface area contributed by atoms with Crippen LogP contribution in [-0.2, 0) is 0 Å². The van der Waals surface area contributed by atoms with E-state index < -0.39 is 0 Å². The van der Waals surface area contributed by atoms with Crippen molar-refractivity contribution in [3.63, 3.8) is 0 Å². The molecule has 82 valence electrons. The molecule has 0 aromatic carbocycles. The number of hydrogen-bond donors (Lipinski definition) is 2. The van der Waals surface area contributed by atoms with Crippen molar-refractivity contribution in [2.24, 2.45) is 5.41 Å². The number of aromatic nitrogens is 2. The highest BCUT2D eigenvalue weighted by Gasteiger charge is 2.30. The van der Waals surface area contributed by atoms with E-state index in [0.717, 1.165) is 5.82 Å². The van der Waals surface area contributed by atoms with E-state index in [1.165, 1.54) is 19.3 Å². The first-order valence-corrected chi connectivity index (χ1v) is 5.40. The van der Waals surface area contributed by atoms with Gasteiger partial charge in [0.05, 0.1) is 0 Å². The molecule has 1 saturated carbocycles. The van der Waals surface area contributed by atoms with Crippen molar-refractivity contribution in [1.82, 2.24) is 9.97 Å². The van der Waals surface area contributed by atoms with Crippen LogP contribution in [-0.4, -0.2) is 16.0 Å². The summed E-state index contributed by atoms with van der Waals surface area (Å²) in [5, 5.41) is 3.41. The van der Waals surface area contributed by atoms with Crippen LogP contribution in [0.4, 0.5) is 11.8 Å². The molecule has 0 bridgehead atoms. The van der Waals surface area contributed by atoms with Gasteiger partial charge >= 0.3 is 0 Å². The van der Waals surface area contributed by atoms with Gasteiger partial charge < -0.3 is 11.1 Å². The maximum atomic E-state index is 5.52. The van der Waals surface area contributed by atoms with Gasteiger partial charge in [-0.25, -0.2) is 4.98 Å². The Morgan fingerprint density at radius 3 is 2.93 bits per heavy atom. The Kier molecular flexibility index (Phi) is 2.50. The minimum atomic E-state index is 0.331. The maximum Gasteiger partial charge on any atom is 0.221 e. The summed E-state index contributed by atoms with van der Waals surface area (Å²) in [5.74, 6) is 1.17. The van der Waals surface area contributed by atoms with Crippen molar-refractivity contribution in [3.8, 4) is 0 Å². The Balaban J connectivity index is 1.99. The third-order valence-corrected chi connectivity index (χ3v) is 2.99. The molecule has 1 unspecified atom stereocenters. The Bertz CT molecular complexity index is 348. The lowest BCUT2D eigenvalue weighted by Crippen LogP contribution is -2.18. The highest BCUT2D eigenvalue weighted by atomic mass is 15.1. The van der Waals surface area contributed by atoms with E-state index >= 15 is 0 Å². The van der Waals surface area contributed by atoms with Gasteiger partial charge in [-0.3, -0.25) is 0 Å². The van der Waals surface area contributed by atoms with E-state index in [0.29, 0.717) is 17.4 Å². The summed E-state index contributed by atoms with van der Waals surface area (Å²) < 4.78 is 0. The molecular weight excluding hydrogens is 188 g/mol. The molecule has 0 saturated heterocycles. The summed E-state index contributed by atoms with van der Waals surface area (Å²) in [5.41, 5.74) is 5.98. The van der Waals surface area contributed by atoms with Crippen LogP contribution in [0.2, 0.25) is 0 Å². The standard InChI is InChI=1S/C11H18N4/c1-11(2)5-3-8(7-11)14-9-4-6-13-10(12)15-9/h4,6,8H,3,5,7H2,1-2H3,(H3,12,13,14,15). The first-order chi connectivity index (χ1) is 7.05. The van der Waals surface area contributed by atoms with Crippen molar-refractivity contribution < 1.29 is 0 Å². The summed E-state index contributed by atoms with van der Waals surface area (Å²) in [6.07, 6.45) is 5.35. The topological polar surface area (TPSA) is 63.8 Å². The number of hydrogen-bond acceptors (Lipinski definition) is 4. The smallest absolute Gasteiger partial charge is 0.221 e. The maximum absolute atomic E-state index is 5.52. The predicted octanol–water partition coefficient (Wildman–Crippen LogP) is 2.05. The van der Waals surface area contributed by atoms with Crippen molar-refractivity contribution in [2.75, 3.05) is 11.1 Å². The van der Waals surface area contributed by atoms with Crippen LogP contribution in [0, 0.1) is 5.41 Å². The molecule has 0 radical (unpaired) electrons. The van der Waals surface area contributed by atoms with Gasteiger partial charge in [0, 0.05) is 12.2 Å². The third kappa shape index (κ3) is 2.58. The van der Waals surface area contributed by atoms with Crippen LogP contribution in [0.5, 0.6) is 0 Å². The molecule has 1 atom stereocenters. The lowest BCUT2D eigenvalue weighted by molar-refractivity contribution is 0.378. The Hall–Kier alpha value is -1.32. The largest absolute Gasteiger partial charge is 0.368 e. The SMILES string of the molecule is CC1(C)CCC(Nc2ccnc(N)n2)C1. The van der Waals surface area contributed by atoms with Gasteiger partial charge in [-0.05, 0) is 30.7 Å². The molecule has 0 aliphatic heterocycles. The fraction of sp³-hybridized carbons (Fsp3) is 0.636. The number of nitrogens with zero attached hydrogens (tertiary/aromatic N) is 2. The van der Waals surface area contributed by atoms with Crippen molar-refractivity contribution in [3.05, 3.63) is 12.3 Å². The Labute approximate surface area is 90.3 Å². The first-order valence-electron chi connectivity index (χ1n) is 5.40. The number of rotatable bonds is 2. The van der Waals surface area contributed by atoms with Gasteiger partial charge in [0.15, 0.2) is 0 Å². The molecule has 2 rings (SSSR count). The molecular formula is C11H18N4. The number of anilines is 2. The quantitative estimate of drug-likeness (QED) is 0.777. The number of nitrogens with two attached hydrogens (primary N) is 1. The van der Waals surface area contributed by atoms with Crippen LogP contribution in [0.25, 0.3) is 0 Å². The van der Waals surface area contributed by atoms with E-state index in [9.17, 15) is 0 Å². The fourth-order valence-electron chi connectivity index (χ4n) is 2.22. The minimum absolute atomic E-state index is 0.331. The van der Waals surface area contributed by atoms with Crippen LogP contribution < -0.4 is 11.1 Å². The van der Waals surface area contributed by atoms with Gasteiger partial charge in [0.2, 0.25) is 5.95 Å². The molecule has 3 N–H and O–H groups in total. The van der Waals surface area contributed by atoms with Crippen LogP contribution in [0.3, 0.4) is 0 Å². The fourth-order valence-corrected chi connectivity index (χ4v) is 2.22. The molecule has 1 aliphatic rings. The average Bonchev–Trinajstić information content (AvgIpc) is 2.45. The molecule has 1 aromatic rings. The summed E-state index contributed by atoms with van der Waals surface area (Å²) >= 11 is 0. The molecule has 0 spiro atoms. The Morgan fingerprint density at radius 1 is 1.53 bits per heavy atom. The molecule has 1 aliphatic carbocycles. The second-order valence-corrected chi connectivity index (χ2v) is 5.05. The minimum Gasteiger partial charge on any atom is -0.368 e. The molecule has 1 aromatic heterocycles. The van der Waals surface area contributed by atoms with E-state index in [1.54, 1.807) is 6.20 Å². The lowest BCUT2D eigenvalue weighted by Gasteiger charge is -2.18. The van der Waals surface area contributed by atoms with Gasteiger partial charge in [0.1, 0.15) is 5.82 Å². The van der Waals surface area contributed by atoms with Gasteiger partial charge in [-0.1, -0.05) is 13.8 Å². The summed E-state index contributed by atoms with van der Waals surface area (Å²) in [6, 6.07) is 2.39. The van der Waals surface area contributed by atoms with E-state index in [4.69, 9.17) is 5.73 Å². The predicted molar refractivity (Wildman–Crippen MR) is 61.5 cm³/mol. The van der Waals surface area contributed by atoms with Gasteiger partial charge in [-0.2, -0.15) is 4.98 Å². The number of nitrogens with one attached hydrogen (secondary N) is 1. The molecule has 0 amide bonds. The zero-order valence-corrected chi connectivity index (χ0v) is 9.33. The normalized spacial score (nSPS) is 24.0. The molecule has 1 heterocycles. The third-order valence-electron chi connectivity index (χ3n) is 2.99. The second kappa shape index (κ2) is 3.68. The second-order valence-electron chi connectivity index (χ2n) is 5.05. The highest BCUT2D eigenvalue weighted by Crippen LogP contribution is 2.37. The van der Waals surface area contributed by atoms with Crippen molar-refractivity contribution >= 4 is 11.8 Å². The van der Waals surface area contributed by atoms with Crippen LogP contribution in [0.1, 0.15) is 33.1 Å². The van der Waals surface area contributed by atoms with Gasteiger partial charge in [0.25, 0.3) is 0 Å². The van der Waals surface area contributed by atoms with E-state index in [1.807, 2.05) is 6.07 Å². The zero-order valence-electron chi connectivity index (χ0n) is 9.33. The van der Waals surface area contributed by atoms with E-state index in [2.05, 4.69) is 29.1 Å². The lowest BCUT2D eigenvalue weighted by atomic mass is 9.92. The number of nitrogen functional groups attached to an aromatic ring is 1. The highest BCUT2D eigenvalue weighted by molar-refractivity contribution is 5.38. The zero-order chi connectivity index (χ0) is 10.9. The summed E-state index contributed by atoms with van der Waals surface area (Å²) in [4.78, 5) is 8.01. The molecule has 1 fully saturated rings. The molecule has 4 nitrogen and oxygen atoms in total. The van der Waals surface area contributed by atoms with Crippen LogP contribution in [0.15, 0.2) is 12.3 Å².